The summed E-state index contributed by atoms with van der Waals surface area (Å²) >= 11 is 0. The van der Waals surface area contributed by atoms with Crippen molar-refractivity contribution in [3.63, 3.8) is 0 Å². The number of hydrogen-bond acceptors (Lipinski definition) is 7. The molecular formula is C15H11N3O6S. The standard InChI is InChI=1S/C15H11N3O6S/c19-14-6-5-12(7-13(14)18(20)21)25(22,23)17-11-3-1-10(2-4-11)15-8-16-9-24-15/h1-9,17,19H. The minimum Gasteiger partial charge on any atom is -0.502 e. The minimum atomic E-state index is -4.05. The molecule has 2 N–H and O–H groups in total. The van der Waals surface area contributed by atoms with Crippen molar-refractivity contribution in [3.05, 3.63) is 65.2 Å². The number of nitrogens with zero attached hydrogens (tertiary/aromatic N) is 2. The minimum absolute atomic E-state index is 0.263. The Morgan fingerprint density at radius 2 is 1.88 bits per heavy atom. The number of phenols is 1. The number of nitro benzene ring substituents is 1. The molecule has 0 amide bonds. The maximum absolute atomic E-state index is 12.4. The van der Waals surface area contributed by atoms with Crippen LogP contribution in [0.3, 0.4) is 0 Å². The summed E-state index contributed by atoms with van der Waals surface area (Å²) in [6.07, 6.45) is 2.80. The van der Waals surface area contributed by atoms with Gasteiger partial charge in [-0.25, -0.2) is 13.4 Å². The van der Waals surface area contributed by atoms with Gasteiger partial charge < -0.3 is 9.52 Å². The van der Waals surface area contributed by atoms with E-state index in [0.29, 0.717) is 11.3 Å². The number of oxazole rings is 1. The molecule has 1 heterocycles. The average molecular weight is 361 g/mol. The average Bonchev–Trinajstić information content (AvgIpc) is 3.09. The van der Waals surface area contributed by atoms with Crippen molar-refractivity contribution in [2.45, 2.75) is 4.90 Å². The van der Waals surface area contributed by atoms with Gasteiger partial charge in [0.05, 0.1) is 16.0 Å². The molecule has 9 nitrogen and oxygen atoms in total. The third-order valence-electron chi connectivity index (χ3n) is 3.31. The lowest BCUT2D eigenvalue weighted by Gasteiger charge is -2.09. The fourth-order valence-electron chi connectivity index (χ4n) is 2.09. The van der Waals surface area contributed by atoms with E-state index in [9.17, 15) is 23.6 Å². The second-order valence-electron chi connectivity index (χ2n) is 4.96. The van der Waals surface area contributed by atoms with Gasteiger partial charge in [0.1, 0.15) is 0 Å². The Bertz CT molecular complexity index is 1010. The number of benzene rings is 2. The topological polar surface area (TPSA) is 136 Å². The molecule has 0 atom stereocenters. The van der Waals surface area contributed by atoms with Gasteiger partial charge >= 0.3 is 5.69 Å². The highest BCUT2D eigenvalue weighted by molar-refractivity contribution is 7.92. The van der Waals surface area contributed by atoms with Crippen molar-refractivity contribution in [1.82, 2.24) is 4.98 Å². The lowest BCUT2D eigenvalue weighted by Crippen LogP contribution is -2.13. The predicted octanol–water partition coefficient (Wildman–Crippen LogP) is 2.76. The van der Waals surface area contributed by atoms with Gasteiger partial charge in [0, 0.05) is 17.3 Å². The van der Waals surface area contributed by atoms with Crippen molar-refractivity contribution < 1.29 is 22.9 Å². The van der Waals surface area contributed by atoms with Crippen LogP contribution < -0.4 is 4.72 Å². The first-order valence-electron chi connectivity index (χ1n) is 6.86. The smallest absolute Gasteiger partial charge is 0.312 e. The van der Waals surface area contributed by atoms with E-state index in [-0.39, 0.29) is 10.6 Å². The van der Waals surface area contributed by atoms with Crippen molar-refractivity contribution in [2.75, 3.05) is 4.72 Å². The number of hydrogen-bond donors (Lipinski definition) is 2. The van der Waals surface area contributed by atoms with Crippen molar-refractivity contribution in [1.29, 1.82) is 0 Å². The Kier molecular flexibility index (Phi) is 4.11. The highest BCUT2D eigenvalue weighted by Crippen LogP contribution is 2.29. The fourth-order valence-corrected chi connectivity index (χ4v) is 3.17. The lowest BCUT2D eigenvalue weighted by molar-refractivity contribution is -0.386. The predicted molar refractivity (Wildman–Crippen MR) is 87.5 cm³/mol. The molecule has 0 saturated carbocycles. The molecule has 2 aromatic carbocycles. The van der Waals surface area contributed by atoms with Gasteiger partial charge in [-0.15, -0.1) is 0 Å². The van der Waals surface area contributed by atoms with Crippen LogP contribution in [0.1, 0.15) is 0 Å². The highest BCUT2D eigenvalue weighted by atomic mass is 32.2. The maximum Gasteiger partial charge on any atom is 0.312 e. The van der Waals surface area contributed by atoms with E-state index in [0.717, 1.165) is 18.2 Å². The highest BCUT2D eigenvalue weighted by Gasteiger charge is 2.21. The third-order valence-corrected chi connectivity index (χ3v) is 4.69. The first-order valence-corrected chi connectivity index (χ1v) is 8.34. The van der Waals surface area contributed by atoms with Gasteiger partial charge in [-0.1, -0.05) is 0 Å². The van der Waals surface area contributed by atoms with E-state index >= 15 is 0 Å². The van der Waals surface area contributed by atoms with Crippen LogP contribution in [0.25, 0.3) is 11.3 Å². The van der Waals surface area contributed by atoms with E-state index in [2.05, 4.69) is 9.71 Å². The van der Waals surface area contributed by atoms with E-state index < -0.39 is 26.4 Å². The number of aromatic hydroxyl groups is 1. The van der Waals surface area contributed by atoms with E-state index in [1.165, 1.54) is 24.7 Å². The molecule has 0 aliphatic rings. The first-order chi connectivity index (χ1) is 11.9. The zero-order valence-corrected chi connectivity index (χ0v) is 13.3. The second kappa shape index (κ2) is 6.24. The number of aromatic nitrogens is 1. The lowest BCUT2D eigenvalue weighted by atomic mass is 10.2. The molecule has 0 aliphatic carbocycles. The Hall–Kier alpha value is -3.40. The van der Waals surface area contributed by atoms with Gasteiger partial charge in [0.2, 0.25) is 0 Å². The van der Waals surface area contributed by atoms with Crippen molar-refractivity contribution >= 4 is 21.4 Å². The normalized spacial score (nSPS) is 11.2. The van der Waals surface area contributed by atoms with Crippen LogP contribution in [0.2, 0.25) is 0 Å². The number of sulfonamides is 1. The maximum atomic E-state index is 12.4. The monoisotopic (exact) mass is 361 g/mol. The summed E-state index contributed by atoms with van der Waals surface area (Å²) in [6.45, 7) is 0. The summed E-state index contributed by atoms with van der Waals surface area (Å²) in [7, 11) is -4.05. The zero-order chi connectivity index (χ0) is 18.0. The first kappa shape index (κ1) is 16.5. The molecule has 0 bridgehead atoms. The molecule has 1 aromatic heterocycles. The Morgan fingerprint density at radius 3 is 2.48 bits per heavy atom. The Morgan fingerprint density at radius 1 is 1.16 bits per heavy atom. The van der Waals surface area contributed by atoms with Crippen LogP contribution in [0.4, 0.5) is 11.4 Å². The van der Waals surface area contributed by atoms with Crippen molar-refractivity contribution in [2.24, 2.45) is 0 Å². The summed E-state index contributed by atoms with van der Waals surface area (Å²) in [5.74, 6) is -0.0797. The summed E-state index contributed by atoms with van der Waals surface area (Å²) in [5.41, 5.74) is 0.281. The van der Waals surface area contributed by atoms with E-state index in [4.69, 9.17) is 4.42 Å². The van der Waals surface area contributed by atoms with E-state index in [1.807, 2.05) is 0 Å². The molecule has 10 heteroatoms. The number of anilines is 1. The summed E-state index contributed by atoms with van der Waals surface area (Å²) in [4.78, 5) is 13.4. The van der Waals surface area contributed by atoms with Crippen LogP contribution in [-0.2, 0) is 10.0 Å². The molecule has 3 rings (SSSR count). The SMILES string of the molecule is O=[N+]([O-])c1cc(S(=O)(=O)Nc2ccc(-c3cnco3)cc2)ccc1O. The van der Waals surface area contributed by atoms with Crippen LogP contribution in [0.5, 0.6) is 5.75 Å². The number of phenolic OH excluding ortho intramolecular Hbond substituents is 1. The van der Waals surface area contributed by atoms with E-state index in [1.54, 1.807) is 12.1 Å². The largest absolute Gasteiger partial charge is 0.502 e. The molecule has 0 fully saturated rings. The number of nitro groups is 1. The van der Waals surface area contributed by atoms with Crippen LogP contribution in [0, 0.1) is 10.1 Å². The van der Waals surface area contributed by atoms with Crippen LogP contribution in [0.15, 0.2) is 64.4 Å². The van der Waals surface area contributed by atoms with Crippen molar-refractivity contribution in [3.8, 4) is 17.1 Å². The fraction of sp³-hybridized carbons (Fsp3) is 0. The van der Waals surface area contributed by atoms with Crippen LogP contribution in [-0.4, -0.2) is 23.4 Å². The quantitative estimate of drug-likeness (QED) is 0.527. The van der Waals surface area contributed by atoms with Gasteiger partial charge in [-0.2, -0.15) is 0 Å². The molecule has 0 unspecified atom stereocenters. The molecular weight excluding hydrogens is 350 g/mol. The zero-order valence-electron chi connectivity index (χ0n) is 12.5. The Balaban J connectivity index is 1.86. The molecule has 0 radical (unpaired) electrons. The number of rotatable bonds is 5. The summed E-state index contributed by atoms with van der Waals surface area (Å²) < 4.78 is 32.2. The van der Waals surface area contributed by atoms with Gasteiger partial charge in [0.25, 0.3) is 10.0 Å². The molecule has 0 aliphatic heterocycles. The van der Waals surface area contributed by atoms with Gasteiger partial charge in [0.15, 0.2) is 17.9 Å². The third kappa shape index (κ3) is 3.43. The molecule has 0 saturated heterocycles. The second-order valence-corrected chi connectivity index (χ2v) is 6.64. The number of nitrogens with one attached hydrogen (secondary N) is 1. The summed E-state index contributed by atoms with van der Waals surface area (Å²) in [5, 5.41) is 20.2. The van der Waals surface area contributed by atoms with Gasteiger partial charge in [-0.05, 0) is 36.4 Å². The summed E-state index contributed by atoms with van der Waals surface area (Å²) in [6, 6.07) is 9.14. The molecule has 3 aromatic rings. The molecule has 25 heavy (non-hydrogen) atoms. The van der Waals surface area contributed by atoms with Crippen LogP contribution >= 0.6 is 0 Å². The van der Waals surface area contributed by atoms with Gasteiger partial charge in [-0.3, -0.25) is 14.8 Å². The molecule has 0 spiro atoms. The Labute approximate surface area is 141 Å². The molecule has 128 valence electrons.